The van der Waals surface area contributed by atoms with Crippen LogP contribution in [-0.2, 0) is 11.2 Å². The van der Waals surface area contributed by atoms with Crippen molar-refractivity contribution in [3.63, 3.8) is 0 Å². The summed E-state index contributed by atoms with van der Waals surface area (Å²) in [6.07, 6.45) is 1.21. The van der Waals surface area contributed by atoms with Crippen molar-refractivity contribution in [1.29, 1.82) is 0 Å². The zero-order valence-electron chi connectivity index (χ0n) is 15.1. The molecule has 3 rings (SSSR count). The number of rotatable bonds is 4. The molecule has 0 aromatic heterocycles. The number of aromatic hydroxyl groups is 1. The van der Waals surface area contributed by atoms with Gasteiger partial charge in [0.15, 0.2) is 0 Å². The molecular formula is C22H21FO3. The molecule has 0 bridgehead atoms. The van der Waals surface area contributed by atoms with E-state index in [-0.39, 0.29) is 16.9 Å². The molecule has 1 N–H and O–H groups in total. The van der Waals surface area contributed by atoms with Crippen molar-refractivity contribution in [2.24, 2.45) is 0 Å². The van der Waals surface area contributed by atoms with Gasteiger partial charge in [0.25, 0.3) is 0 Å². The first-order chi connectivity index (χ1) is 12.5. The smallest absolute Gasteiger partial charge is 0.342 e. The maximum absolute atomic E-state index is 15.4. The van der Waals surface area contributed by atoms with Crippen LogP contribution in [-0.4, -0.2) is 18.2 Å². The number of halogens is 1. The molecule has 0 aliphatic rings. The second kappa shape index (κ2) is 7.16. The van der Waals surface area contributed by atoms with Crippen LogP contribution in [0.5, 0.6) is 5.75 Å². The molecule has 0 aliphatic heterocycles. The van der Waals surface area contributed by atoms with Gasteiger partial charge in [-0.25, -0.2) is 9.18 Å². The highest BCUT2D eigenvalue weighted by atomic mass is 19.1. The summed E-state index contributed by atoms with van der Waals surface area (Å²) in [5.74, 6) is -1.45. The van der Waals surface area contributed by atoms with Gasteiger partial charge in [-0.1, -0.05) is 49.7 Å². The summed E-state index contributed by atoms with van der Waals surface area (Å²) in [5, 5.41) is 12.6. The van der Waals surface area contributed by atoms with E-state index in [1.165, 1.54) is 7.11 Å². The first-order valence-corrected chi connectivity index (χ1v) is 8.61. The number of fused-ring (bicyclic) bond motifs is 1. The average molecular weight is 352 g/mol. The molecule has 0 atom stereocenters. The minimum Gasteiger partial charge on any atom is -0.507 e. The van der Waals surface area contributed by atoms with Crippen LogP contribution in [0.15, 0.2) is 42.5 Å². The van der Waals surface area contributed by atoms with E-state index < -0.39 is 11.8 Å². The molecule has 0 saturated carbocycles. The Kier molecular flexibility index (Phi) is 4.94. The Morgan fingerprint density at radius 1 is 1.15 bits per heavy atom. The highest BCUT2D eigenvalue weighted by Crippen LogP contribution is 2.40. The average Bonchev–Trinajstić information content (AvgIpc) is 2.66. The lowest BCUT2D eigenvalue weighted by Gasteiger charge is -2.18. The van der Waals surface area contributed by atoms with E-state index in [1.54, 1.807) is 13.0 Å². The minimum absolute atomic E-state index is 0.0918. The predicted octanol–water partition coefficient (Wildman–Crippen LogP) is 5.40. The van der Waals surface area contributed by atoms with Gasteiger partial charge in [0.05, 0.1) is 7.11 Å². The van der Waals surface area contributed by atoms with Gasteiger partial charge in [-0.15, -0.1) is 0 Å². The fraction of sp³-hybridized carbons (Fsp3) is 0.227. The van der Waals surface area contributed by atoms with Gasteiger partial charge in [-0.3, -0.25) is 0 Å². The topological polar surface area (TPSA) is 46.5 Å². The molecule has 0 amide bonds. The fourth-order valence-corrected chi connectivity index (χ4v) is 3.34. The number of ether oxygens (including phenoxy) is 1. The zero-order chi connectivity index (χ0) is 18.8. The molecular weight excluding hydrogens is 331 g/mol. The summed E-state index contributed by atoms with van der Waals surface area (Å²) < 4.78 is 20.2. The van der Waals surface area contributed by atoms with Gasteiger partial charge in [0.1, 0.15) is 17.1 Å². The largest absolute Gasteiger partial charge is 0.507 e. The lowest BCUT2D eigenvalue weighted by molar-refractivity contribution is 0.0597. The maximum Gasteiger partial charge on any atom is 0.342 e. The predicted molar refractivity (Wildman–Crippen MR) is 101 cm³/mol. The number of carbonyl (C=O) groups is 1. The van der Waals surface area contributed by atoms with Gasteiger partial charge < -0.3 is 9.84 Å². The molecule has 26 heavy (non-hydrogen) atoms. The minimum atomic E-state index is -0.754. The highest BCUT2D eigenvalue weighted by molar-refractivity contribution is 6.02. The zero-order valence-corrected chi connectivity index (χ0v) is 15.1. The van der Waals surface area contributed by atoms with Crippen LogP contribution in [0.2, 0.25) is 0 Å². The van der Waals surface area contributed by atoms with Gasteiger partial charge in [0.2, 0.25) is 0 Å². The summed E-state index contributed by atoms with van der Waals surface area (Å²) in [5.41, 5.74) is 1.32. The van der Waals surface area contributed by atoms with E-state index in [0.717, 1.165) is 17.2 Å². The maximum atomic E-state index is 15.4. The number of hydrogen-bond donors (Lipinski definition) is 1. The third-order valence-electron chi connectivity index (χ3n) is 4.71. The van der Waals surface area contributed by atoms with Gasteiger partial charge in [-0.05, 0) is 46.9 Å². The van der Waals surface area contributed by atoms with E-state index in [2.05, 4.69) is 0 Å². The quantitative estimate of drug-likeness (QED) is 0.640. The third-order valence-corrected chi connectivity index (χ3v) is 4.71. The summed E-state index contributed by atoms with van der Waals surface area (Å²) in [6.45, 7) is 3.57. The molecule has 0 saturated heterocycles. The highest BCUT2D eigenvalue weighted by Gasteiger charge is 2.27. The molecule has 0 spiro atoms. The first kappa shape index (κ1) is 17.9. The van der Waals surface area contributed by atoms with Crippen LogP contribution in [0, 0.1) is 12.7 Å². The molecule has 0 aliphatic carbocycles. The van der Waals surface area contributed by atoms with E-state index in [1.807, 2.05) is 43.3 Å². The van der Waals surface area contributed by atoms with Gasteiger partial charge in [-0.2, -0.15) is 0 Å². The van der Waals surface area contributed by atoms with E-state index in [4.69, 9.17) is 4.74 Å². The van der Waals surface area contributed by atoms with Gasteiger partial charge in [0, 0.05) is 5.56 Å². The van der Waals surface area contributed by atoms with Crippen LogP contribution in [0.25, 0.3) is 21.9 Å². The Bertz CT molecular complexity index is 992. The fourth-order valence-electron chi connectivity index (χ4n) is 3.34. The normalized spacial score (nSPS) is 10.9. The third kappa shape index (κ3) is 2.92. The van der Waals surface area contributed by atoms with Crippen LogP contribution >= 0.6 is 0 Å². The number of benzene rings is 3. The molecule has 3 aromatic carbocycles. The lowest BCUT2D eigenvalue weighted by Crippen LogP contribution is -2.10. The molecule has 0 unspecified atom stereocenters. The summed E-state index contributed by atoms with van der Waals surface area (Å²) >= 11 is 0. The first-order valence-electron chi connectivity index (χ1n) is 8.61. The van der Waals surface area contributed by atoms with E-state index >= 15 is 4.39 Å². The number of methoxy groups -OCH3 is 1. The van der Waals surface area contributed by atoms with E-state index in [9.17, 15) is 9.90 Å². The monoisotopic (exact) mass is 352 g/mol. The number of phenolic OH excluding ortho intramolecular Hbond substituents is 1. The van der Waals surface area contributed by atoms with Crippen molar-refractivity contribution < 1.29 is 19.0 Å². The summed E-state index contributed by atoms with van der Waals surface area (Å²) in [6, 6.07) is 13.2. The van der Waals surface area contributed by atoms with Crippen LogP contribution in [0.4, 0.5) is 4.39 Å². The van der Waals surface area contributed by atoms with Crippen molar-refractivity contribution in [3.05, 3.63) is 65.0 Å². The number of hydrogen-bond acceptors (Lipinski definition) is 3. The molecule has 0 heterocycles. The molecule has 0 radical (unpaired) electrons. The van der Waals surface area contributed by atoms with E-state index in [0.29, 0.717) is 23.1 Å². The molecule has 0 fully saturated rings. The van der Waals surface area contributed by atoms with Crippen LogP contribution in [0.1, 0.15) is 34.8 Å². The molecule has 134 valence electrons. The van der Waals surface area contributed by atoms with Crippen molar-refractivity contribution in [1.82, 2.24) is 0 Å². The standard InChI is InChI=1S/C22H21FO3/c1-4-7-17-13(2)21(24)19(22(25)26-3)18(20(17)23)16-11-10-14-8-5-6-9-15(14)12-16/h5-6,8-12,24H,4,7H2,1-3H3. The Hall–Kier alpha value is -2.88. The van der Waals surface area contributed by atoms with Crippen LogP contribution in [0.3, 0.4) is 0 Å². The van der Waals surface area contributed by atoms with Crippen molar-refractivity contribution in [2.45, 2.75) is 26.7 Å². The summed E-state index contributed by atoms with van der Waals surface area (Å²) in [7, 11) is 1.22. The number of esters is 1. The number of phenols is 1. The summed E-state index contributed by atoms with van der Waals surface area (Å²) in [4.78, 5) is 12.3. The SMILES string of the molecule is CCCc1c(C)c(O)c(C(=O)OC)c(-c2ccc3ccccc3c2)c1F. The lowest BCUT2D eigenvalue weighted by atomic mass is 9.89. The van der Waals surface area contributed by atoms with Crippen molar-refractivity contribution in [3.8, 4) is 16.9 Å². The molecule has 3 aromatic rings. The van der Waals surface area contributed by atoms with Crippen LogP contribution < -0.4 is 0 Å². The Balaban J connectivity index is 2.37. The second-order valence-electron chi connectivity index (χ2n) is 6.32. The molecule has 4 heteroatoms. The molecule has 3 nitrogen and oxygen atoms in total. The van der Waals surface area contributed by atoms with Crippen molar-refractivity contribution in [2.75, 3.05) is 7.11 Å². The second-order valence-corrected chi connectivity index (χ2v) is 6.32. The van der Waals surface area contributed by atoms with Crippen molar-refractivity contribution >= 4 is 16.7 Å². The Morgan fingerprint density at radius 3 is 2.50 bits per heavy atom. The Labute approximate surface area is 152 Å². The Morgan fingerprint density at radius 2 is 1.85 bits per heavy atom. The van der Waals surface area contributed by atoms with Gasteiger partial charge >= 0.3 is 5.97 Å². The number of carbonyl (C=O) groups excluding carboxylic acids is 1.